The van der Waals surface area contributed by atoms with Crippen LogP contribution in [-0.2, 0) is 25.5 Å². The summed E-state index contributed by atoms with van der Waals surface area (Å²) in [5.74, 6) is -3.07. The molecule has 0 aromatic heterocycles. The predicted octanol–water partition coefficient (Wildman–Crippen LogP) is 7.58. The first-order valence-electron chi connectivity index (χ1n) is 16.2. The normalized spacial score (nSPS) is 14.2. The Bertz CT molecular complexity index is 1880. The summed E-state index contributed by atoms with van der Waals surface area (Å²) in [6.07, 6.45) is -0.778. The first-order chi connectivity index (χ1) is 23.5. The zero-order valence-electron chi connectivity index (χ0n) is 26.3. The van der Waals surface area contributed by atoms with Gasteiger partial charge in [0.25, 0.3) is 0 Å². The molecular formula is C41H35NO6. The van der Waals surface area contributed by atoms with Gasteiger partial charge in [-0.15, -0.1) is 0 Å². The molecule has 2 N–H and O–H groups in total. The number of nitrogens with one attached hydrogen (secondary N) is 1. The van der Waals surface area contributed by atoms with Gasteiger partial charge in [-0.3, -0.25) is 4.79 Å². The molecule has 5 aromatic rings. The number of benzene rings is 5. The van der Waals surface area contributed by atoms with Crippen LogP contribution in [0.25, 0.3) is 22.3 Å². The Hall–Kier alpha value is -5.69. The molecule has 240 valence electrons. The molecular weight excluding hydrogens is 602 g/mol. The molecule has 7 rings (SSSR count). The third kappa shape index (κ3) is 6.19. The maximum absolute atomic E-state index is 13.8. The number of hydrogen-bond donors (Lipinski definition) is 2. The number of amides is 1. The van der Waals surface area contributed by atoms with Crippen LogP contribution in [0.1, 0.15) is 46.1 Å². The maximum atomic E-state index is 13.8. The number of carboxylic acid groups (broad SMARTS) is 1. The van der Waals surface area contributed by atoms with Gasteiger partial charge in [-0.05, 0) is 62.9 Å². The van der Waals surface area contributed by atoms with E-state index in [1.807, 2.05) is 103 Å². The van der Waals surface area contributed by atoms with Gasteiger partial charge < -0.3 is 19.9 Å². The highest BCUT2D eigenvalue weighted by Gasteiger charge is 2.34. The third-order valence-electron chi connectivity index (χ3n) is 9.47. The van der Waals surface area contributed by atoms with Crippen molar-refractivity contribution in [3.05, 3.63) is 155 Å². The van der Waals surface area contributed by atoms with Crippen molar-refractivity contribution in [1.82, 2.24) is 5.32 Å². The number of ether oxygens (including phenoxy) is 2. The van der Waals surface area contributed by atoms with Crippen molar-refractivity contribution in [3.8, 4) is 22.3 Å². The molecule has 2 atom stereocenters. The predicted molar refractivity (Wildman–Crippen MR) is 183 cm³/mol. The van der Waals surface area contributed by atoms with Gasteiger partial charge in [0.05, 0.1) is 5.92 Å². The smallest absolute Gasteiger partial charge is 0.407 e. The Morgan fingerprint density at radius 1 is 0.583 bits per heavy atom. The molecule has 0 fully saturated rings. The number of fused-ring (bicyclic) bond motifs is 6. The number of rotatable bonds is 11. The second kappa shape index (κ2) is 13.6. The molecule has 0 bridgehead atoms. The minimum absolute atomic E-state index is 0.0478. The van der Waals surface area contributed by atoms with Crippen LogP contribution < -0.4 is 5.32 Å². The Balaban J connectivity index is 1.09. The van der Waals surface area contributed by atoms with E-state index in [9.17, 15) is 19.5 Å². The maximum Gasteiger partial charge on any atom is 0.407 e. The monoisotopic (exact) mass is 637 g/mol. The van der Waals surface area contributed by atoms with Crippen molar-refractivity contribution in [2.45, 2.75) is 30.7 Å². The molecule has 0 saturated heterocycles. The van der Waals surface area contributed by atoms with Gasteiger partial charge in [0.2, 0.25) is 0 Å². The Morgan fingerprint density at radius 3 is 1.46 bits per heavy atom. The van der Waals surface area contributed by atoms with E-state index >= 15 is 0 Å². The van der Waals surface area contributed by atoms with Gasteiger partial charge >= 0.3 is 18.0 Å². The molecule has 0 saturated carbocycles. The van der Waals surface area contributed by atoms with Crippen LogP contribution in [0.4, 0.5) is 4.79 Å². The van der Waals surface area contributed by atoms with Gasteiger partial charge in [-0.1, -0.05) is 127 Å². The van der Waals surface area contributed by atoms with Crippen molar-refractivity contribution in [2.24, 2.45) is 5.92 Å². The van der Waals surface area contributed by atoms with Gasteiger partial charge in [0, 0.05) is 11.8 Å². The van der Waals surface area contributed by atoms with E-state index in [2.05, 4.69) is 29.6 Å². The number of esters is 1. The Morgan fingerprint density at radius 2 is 1.00 bits per heavy atom. The highest BCUT2D eigenvalue weighted by Crippen LogP contribution is 2.45. The molecule has 2 aliphatic carbocycles. The van der Waals surface area contributed by atoms with Gasteiger partial charge in [-0.25, -0.2) is 9.59 Å². The zero-order chi connectivity index (χ0) is 33.0. The molecule has 2 aliphatic rings. The molecule has 5 aromatic carbocycles. The van der Waals surface area contributed by atoms with Crippen LogP contribution in [0.15, 0.2) is 127 Å². The van der Waals surface area contributed by atoms with E-state index in [0.717, 1.165) is 50.1 Å². The number of carboxylic acids is 1. The van der Waals surface area contributed by atoms with Crippen LogP contribution >= 0.6 is 0 Å². The fraction of sp³-hybridized carbons (Fsp3) is 0.195. The first-order valence-corrected chi connectivity index (χ1v) is 16.2. The molecule has 7 nitrogen and oxygen atoms in total. The first kappa shape index (κ1) is 30.9. The number of hydrogen-bond acceptors (Lipinski definition) is 5. The van der Waals surface area contributed by atoms with Crippen LogP contribution in [0, 0.1) is 5.92 Å². The summed E-state index contributed by atoms with van der Waals surface area (Å²) < 4.78 is 11.6. The lowest BCUT2D eigenvalue weighted by Gasteiger charge is -2.23. The summed E-state index contributed by atoms with van der Waals surface area (Å²) in [5.41, 5.74) is 9.44. The van der Waals surface area contributed by atoms with E-state index in [1.165, 1.54) is 0 Å². The highest BCUT2D eigenvalue weighted by atomic mass is 16.6. The third-order valence-corrected chi connectivity index (χ3v) is 9.47. The lowest BCUT2D eigenvalue weighted by Crippen LogP contribution is -2.45. The van der Waals surface area contributed by atoms with E-state index in [1.54, 1.807) is 0 Å². The standard InChI is InChI=1S/C41H35NO6/c43-39(44)27(22-26-12-2-1-3-13-26)23-38(40(45)47-24-36-32-18-8-4-14-28(32)29-15-5-9-19-33(29)36)42-41(46)48-25-37-34-20-10-6-16-30(34)31-17-7-11-21-35(31)37/h1-21,27,36-38H,22-25H2,(H,42,46)(H,43,44)/t27?,38-/m0/s1. The van der Waals surface area contributed by atoms with Crippen molar-refractivity contribution >= 4 is 18.0 Å². The second-order valence-electron chi connectivity index (χ2n) is 12.3. The molecule has 48 heavy (non-hydrogen) atoms. The van der Waals surface area contributed by atoms with Crippen molar-refractivity contribution < 1.29 is 29.0 Å². The summed E-state index contributed by atoms with van der Waals surface area (Å²) in [7, 11) is 0. The average molecular weight is 638 g/mol. The Kier molecular flexibility index (Phi) is 8.75. The lowest BCUT2D eigenvalue weighted by atomic mass is 9.92. The zero-order valence-corrected chi connectivity index (χ0v) is 26.3. The molecule has 0 aliphatic heterocycles. The van der Waals surface area contributed by atoms with E-state index < -0.39 is 30.0 Å². The fourth-order valence-electron chi connectivity index (χ4n) is 7.16. The summed E-state index contributed by atoms with van der Waals surface area (Å²) in [6, 6.07) is 40.1. The van der Waals surface area contributed by atoms with Crippen molar-refractivity contribution in [1.29, 1.82) is 0 Å². The van der Waals surface area contributed by atoms with Gasteiger partial charge in [0.1, 0.15) is 19.3 Å². The molecule has 7 heteroatoms. The highest BCUT2D eigenvalue weighted by molar-refractivity contribution is 5.84. The minimum Gasteiger partial charge on any atom is -0.481 e. The molecule has 1 unspecified atom stereocenters. The van der Waals surface area contributed by atoms with E-state index in [0.29, 0.717) is 0 Å². The van der Waals surface area contributed by atoms with E-state index in [-0.39, 0.29) is 37.9 Å². The summed E-state index contributed by atoms with van der Waals surface area (Å²) >= 11 is 0. The minimum atomic E-state index is -1.24. The topological polar surface area (TPSA) is 102 Å². The Labute approximate surface area is 279 Å². The molecule has 1 amide bonds. The summed E-state index contributed by atoms with van der Waals surface area (Å²) in [4.78, 5) is 39.5. The van der Waals surface area contributed by atoms with E-state index in [4.69, 9.17) is 9.47 Å². The van der Waals surface area contributed by atoms with Crippen molar-refractivity contribution in [2.75, 3.05) is 13.2 Å². The fourth-order valence-corrected chi connectivity index (χ4v) is 7.16. The van der Waals surface area contributed by atoms with Crippen LogP contribution in [0.5, 0.6) is 0 Å². The van der Waals surface area contributed by atoms with Gasteiger partial charge in [0.15, 0.2) is 0 Å². The molecule has 0 spiro atoms. The summed E-state index contributed by atoms with van der Waals surface area (Å²) in [6.45, 7) is 0.107. The van der Waals surface area contributed by atoms with Crippen LogP contribution in [0.3, 0.4) is 0 Å². The average Bonchev–Trinajstić information content (AvgIpc) is 3.62. The van der Waals surface area contributed by atoms with Gasteiger partial charge in [-0.2, -0.15) is 0 Å². The number of carbonyl (C=O) groups is 3. The lowest BCUT2D eigenvalue weighted by molar-refractivity contribution is -0.148. The number of carbonyl (C=O) groups excluding carboxylic acids is 2. The summed E-state index contributed by atoms with van der Waals surface area (Å²) in [5, 5.41) is 12.8. The largest absolute Gasteiger partial charge is 0.481 e. The SMILES string of the molecule is O=C(N[C@@H](CC(Cc1ccccc1)C(=O)O)C(=O)OCC1c2ccccc2-c2ccccc21)OCC1c2ccccc2-c2ccccc21. The molecule has 0 heterocycles. The van der Waals surface area contributed by atoms with Crippen molar-refractivity contribution in [3.63, 3.8) is 0 Å². The number of alkyl carbamates (subject to hydrolysis) is 1. The van der Waals surface area contributed by atoms with Crippen LogP contribution in [-0.4, -0.2) is 42.4 Å². The van der Waals surface area contributed by atoms with Crippen LogP contribution in [0.2, 0.25) is 0 Å². The number of aliphatic carboxylic acids is 1. The quantitative estimate of drug-likeness (QED) is 0.145. The second-order valence-corrected chi connectivity index (χ2v) is 12.3. The molecule has 0 radical (unpaired) electrons.